The predicted molar refractivity (Wildman–Crippen MR) is 117 cm³/mol. The van der Waals surface area contributed by atoms with Gasteiger partial charge in [0.15, 0.2) is 9.84 Å². The molecule has 0 amide bonds. The summed E-state index contributed by atoms with van der Waals surface area (Å²) >= 11 is 0. The zero-order valence-electron chi connectivity index (χ0n) is 16.4. The first-order valence-electron chi connectivity index (χ1n) is 9.53. The van der Waals surface area contributed by atoms with Crippen molar-refractivity contribution in [1.82, 2.24) is 9.97 Å². The first-order chi connectivity index (χ1) is 14.4. The molecular formula is C21H23N5O3S. The highest BCUT2D eigenvalue weighted by atomic mass is 32.2. The number of benzene rings is 2. The van der Waals surface area contributed by atoms with Crippen LogP contribution in [0.3, 0.4) is 0 Å². The van der Waals surface area contributed by atoms with Crippen LogP contribution in [0.25, 0.3) is 11.1 Å². The molecule has 2 aromatic carbocycles. The van der Waals surface area contributed by atoms with Crippen LogP contribution >= 0.6 is 0 Å². The number of aromatic nitrogens is 2. The number of nitrogens with zero attached hydrogens (tertiary/aromatic N) is 3. The number of anilines is 3. The number of nitrogen functional groups attached to an aromatic ring is 2. The molecule has 1 fully saturated rings. The zero-order valence-corrected chi connectivity index (χ0v) is 17.2. The highest BCUT2D eigenvalue weighted by Crippen LogP contribution is 2.30. The Morgan fingerprint density at radius 3 is 2.27 bits per heavy atom. The van der Waals surface area contributed by atoms with Crippen LogP contribution in [-0.4, -0.2) is 44.7 Å². The Morgan fingerprint density at radius 2 is 1.60 bits per heavy atom. The van der Waals surface area contributed by atoms with Crippen molar-refractivity contribution in [2.75, 3.05) is 42.7 Å². The molecule has 30 heavy (non-hydrogen) atoms. The molecule has 0 saturated carbocycles. The van der Waals surface area contributed by atoms with Crippen LogP contribution in [-0.2, 0) is 20.3 Å². The molecule has 4 N–H and O–H groups in total. The Morgan fingerprint density at radius 1 is 0.933 bits per heavy atom. The second kappa shape index (κ2) is 8.29. The fraction of sp³-hybridized carbons (Fsp3) is 0.238. The molecule has 9 heteroatoms. The van der Waals surface area contributed by atoms with Crippen molar-refractivity contribution in [2.24, 2.45) is 0 Å². The van der Waals surface area contributed by atoms with Crippen LogP contribution in [0.5, 0.6) is 0 Å². The number of hydrogen-bond acceptors (Lipinski definition) is 8. The molecule has 1 saturated heterocycles. The lowest BCUT2D eigenvalue weighted by Crippen LogP contribution is -2.36. The summed E-state index contributed by atoms with van der Waals surface area (Å²) in [5.74, 6) is 0.0524. The summed E-state index contributed by atoms with van der Waals surface area (Å²) in [6.45, 7) is 2.59. The van der Waals surface area contributed by atoms with Crippen LogP contribution in [0.4, 0.5) is 17.3 Å². The third kappa shape index (κ3) is 4.52. The standard InChI is InChI=1S/C21H23N5O3S/c22-18-3-1-15(2-4-18)14-30(27,28)20-10-16(17-12-24-21(23)25-13-17)9-19(11-20)26-5-7-29-8-6-26/h1-4,9-13H,5-8,14,22H2,(H2,23,24,25). The average molecular weight is 426 g/mol. The molecule has 0 spiro atoms. The zero-order chi connectivity index (χ0) is 21.1. The van der Waals surface area contributed by atoms with Crippen molar-refractivity contribution in [3.63, 3.8) is 0 Å². The SMILES string of the molecule is Nc1ccc(CS(=O)(=O)c2cc(-c3cnc(N)nc3)cc(N3CCOCC3)c2)cc1. The highest BCUT2D eigenvalue weighted by molar-refractivity contribution is 7.90. The van der Waals surface area contributed by atoms with Gasteiger partial charge in [0.1, 0.15) is 0 Å². The van der Waals surface area contributed by atoms with Crippen molar-refractivity contribution >= 4 is 27.2 Å². The van der Waals surface area contributed by atoms with Gasteiger partial charge >= 0.3 is 0 Å². The summed E-state index contributed by atoms with van der Waals surface area (Å²) in [6.07, 6.45) is 3.19. The number of sulfone groups is 1. The second-order valence-electron chi connectivity index (χ2n) is 7.15. The van der Waals surface area contributed by atoms with E-state index >= 15 is 0 Å². The van der Waals surface area contributed by atoms with Gasteiger partial charge in [0, 0.05) is 42.4 Å². The maximum atomic E-state index is 13.2. The van der Waals surface area contributed by atoms with Gasteiger partial charge in [0.05, 0.1) is 23.9 Å². The predicted octanol–water partition coefficient (Wildman–Crippen LogP) is 2.12. The van der Waals surface area contributed by atoms with E-state index < -0.39 is 9.84 Å². The van der Waals surface area contributed by atoms with Gasteiger partial charge in [-0.3, -0.25) is 0 Å². The van der Waals surface area contributed by atoms with Gasteiger partial charge in [-0.2, -0.15) is 0 Å². The quantitative estimate of drug-likeness (QED) is 0.596. The van der Waals surface area contributed by atoms with E-state index in [9.17, 15) is 8.42 Å². The van der Waals surface area contributed by atoms with E-state index in [4.69, 9.17) is 16.2 Å². The Bertz CT molecular complexity index is 1130. The summed E-state index contributed by atoms with van der Waals surface area (Å²) in [5.41, 5.74) is 14.8. The monoisotopic (exact) mass is 425 g/mol. The second-order valence-corrected chi connectivity index (χ2v) is 9.14. The van der Waals surface area contributed by atoms with E-state index in [1.807, 2.05) is 6.07 Å². The van der Waals surface area contributed by atoms with Crippen molar-refractivity contribution in [1.29, 1.82) is 0 Å². The molecule has 0 bridgehead atoms. The van der Waals surface area contributed by atoms with Gasteiger partial charge < -0.3 is 21.1 Å². The first-order valence-corrected chi connectivity index (χ1v) is 11.2. The molecule has 4 rings (SSSR count). The van der Waals surface area contributed by atoms with E-state index in [-0.39, 0.29) is 16.6 Å². The summed E-state index contributed by atoms with van der Waals surface area (Å²) < 4.78 is 31.9. The Hall–Kier alpha value is -3.17. The summed E-state index contributed by atoms with van der Waals surface area (Å²) in [7, 11) is -3.59. The van der Waals surface area contributed by atoms with Crippen molar-refractivity contribution in [3.05, 3.63) is 60.4 Å². The van der Waals surface area contributed by atoms with E-state index in [0.29, 0.717) is 43.1 Å². The average Bonchev–Trinajstić information content (AvgIpc) is 2.76. The highest BCUT2D eigenvalue weighted by Gasteiger charge is 2.20. The molecule has 1 aromatic heterocycles. The molecule has 0 radical (unpaired) electrons. The number of hydrogen-bond donors (Lipinski definition) is 2. The smallest absolute Gasteiger partial charge is 0.219 e. The minimum atomic E-state index is -3.59. The van der Waals surface area contributed by atoms with Crippen LogP contribution in [0, 0.1) is 0 Å². The number of nitrogens with two attached hydrogens (primary N) is 2. The molecule has 0 atom stereocenters. The lowest BCUT2D eigenvalue weighted by Gasteiger charge is -2.29. The fourth-order valence-corrected chi connectivity index (χ4v) is 4.74. The van der Waals surface area contributed by atoms with Crippen molar-refractivity contribution in [2.45, 2.75) is 10.6 Å². The Labute approximate surface area is 175 Å². The van der Waals surface area contributed by atoms with Crippen LogP contribution in [0.2, 0.25) is 0 Å². The lowest BCUT2D eigenvalue weighted by atomic mass is 10.1. The Balaban J connectivity index is 1.76. The summed E-state index contributed by atoms with van der Waals surface area (Å²) in [5, 5.41) is 0. The maximum absolute atomic E-state index is 13.2. The molecule has 8 nitrogen and oxygen atoms in total. The van der Waals surface area contributed by atoms with Crippen LogP contribution in [0.1, 0.15) is 5.56 Å². The van der Waals surface area contributed by atoms with Gasteiger partial charge in [-0.25, -0.2) is 18.4 Å². The number of ether oxygens (including phenoxy) is 1. The topological polar surface area (TPSA) is 124 Å². The summed E-state index contributed by atoms with van der Waals surface area (Å²) in [4.78, 5) is 10.4. The van der Waals surface area contributed by atoms with Gasteiger partial charge in [-0.05, 0) is 41.5 Å². The van der Waals surface area contributed by atoms with Crippen molar-refractivity contribution in [3.8, 4) is 11.1 Å². The Kier molecular flexibility index (Phi) is 5.56. The van der Waals surface area contributed by atoms with Crippen LogP contribution < -0.4 is 16.4 Å². The first kappa shape index (κ1) is 20.1. The molecule has 0 unspecified atom stereocenters. The van der Waals surface area contributed by atoms with E-state index in [1.165, 1.54) is 0 Å². The summed E-state index contributed by atoms with van der Waals surface area (Å²) in [6, 6.07) is 12.2. The number of rotatable bonds is 5. The molecule has 3 aromatic rings. The molecule has 156 valence electrons. The van der Waals surface area contributed by atoms with E-state index in [0.717, 1.165) is 11.3 Å². The van der Waals surface area contributed by atoms with Gasteiger partial charge in [0.25, 0.3) is 0 Å². The minimum absolute atomic E-state index is 0.114. The third-order valence-electron chi connectivity index (χ3n) is 4.97. The molecule has 1 aliphatic rings. The maximum Gasteiger partial charge on any atom is 0.219 e. The molecular weight excluding hydrogens is 402 g/mol. The van der Waals surface area contributed by atoms with Crippen molar-refractivity contribution < 1.29 is 13.2 Å². The van der Waals surface area contributed by atoms with Gasteiger partial charge in [-0.15, -0.1) is 0 Å². The van der Waals surface area contributed by atoms with Gasteiger partial charge in [0.2, 0.25) is 5.95 Å². The van der Waals surface area contributed by atoms with E-state index in [1.54, 1.807) is 48.8 Å². The van der Waals surface area contributed by atoms with Gasteiger partial charge in [-0.1, -0.05) is 12.1 Å². The third-order valence-corrected chi connectivity index (χ3v) is 6.64. The minimum Gasteiger partial charge on any atom is -0.399 e. The molecule has 2 heterocycles. The molecule has 1 aliphatic heterocycles. The lowest BCUT2D eigenvalue weighted by molar-refractivity contribution is 0.122. The normalized spacial score (nSPS) is 14.6. The van der Waals surface area contributed by atoms with E-state index in [2.05, 4.69) is 14.9 Å². The van der Waals surface area contributed by atoms with Crippen LogP contribution in [0.15, 0.2) is 59.8 Å². The molecule has 0 aliphatic carbocycles. The fourth-order valence-electron chi connectivity index (χ4n) is 3.34. The largest absolute Gasteiger partial charge is 0.399 e. The number of morpholine rings is 1.